The molecular formula is C31H49N3. The van der Waals surface area contributed by atoms with Crippen LogP contribution in [0.25, 0.3) is 5.57 Å². The third kappa shape index (κ3) is 14.4. The molecule has 1 heterocycles. The highest BCUT2D eigenvalue weighted by atomic mass is 15.4. The van der Waals surface area contributed by atoms with Crippen LogP contribution in [-0.2, 0) is 6.54 Å². The molecule has 3 rings (SSSR count). The molecule has 1 aliphatic carbocycles. The standard InChI is InChI=1S/C15H19N.C9H14N2.C3H6.C2H6.C2H4/c1-4-13-6-5-7-14(9-13)15-8-11(2)12(3)16-10-15;1-8-4-3-5-9(6-8)7-11(2)10;1-3-2;2*1-2/h7-10H,4-6H2,1-3H3;3-6H,7,10H2,1-2H3;3H,1H2,2H3;1-2H3;1-2H2. The van der Waals surface area contributed by atoms with E-state index in [0.717, 1.165) is 18.7 Å². The number of aryl methyl sites for hydroxylation is 3. The maximum atomic E-state index is 5.51. The summed E-state index contributed by atoms with van der Waals surface area (Å²) in [7, 11) is 1.86. The SMILES string of the molecule is C=C.C=CC.CC.CCC1=CC(c2cnc(C)c(C)c2)=CCC1.Cc1cccc(CN(C)N)c1. The van der Waals surface area contributed by atoms with Crippen LogP contribution in [0.1, 0.15) is 74.9 Å². The van der Waals surface area contributed by atoms with Gasteiger partial charge in [-0.1, -0.05) is 74.4 Å². The first-order chi connectivity index (χ1) is 16.3. The molecule has 1 aliphatic rings. The Morgan fingerprint density at radius 2 is 1.74 bits per heavy atom. The zero-order valence-corrected chi connectivity index (χ0v) is 23.1. The van der Waals surface area contributed by atoms with Gasteiger partial charge in [-0.2, -0.15) is 0 Å². The van der Waals surface area contributed by atoms with Crippen molar-refractivity contribution < 1.29 is 0 Å². The number of hydrogen-bond donors (Lipinski definition) is 1. The topological polar surface area (TPSA) is 42.2 Å². The van der Waals surface area contributed by atoms with E-state index in [1.54, 1.807) is 16.7 Å². The van der Waals surface area contributed by atoms with Gasteiger partial charge in [-0.25, -0.2) is 5.01 Å². The zero-order valence-electron chi connectivity index (χ0n) is 23.1. The van der Waals surface area contributed by atoms with Gasteiger partial charge in [-0.3, -0.25) is 10.8 Å². The van der Waals surface area contributed by atoms with Gasteiger partial charge >= 0.3 is 0 Å². The Hall–Kier alpha value is -2.75. The molecule has 0 fully saturated rings. The molecule has 188 valence electrons. The van der Waals surface area contributed by atoms with E-state index < -0.39 is 0 Å². The summed E-state index contributed by atoms with van der Waals surface area (Å²) in [4.78, 5) is 4.43. The van der Waals surface area contributed by atoms with E-state index in [2.05, 4.69) is 88.8 Å². The summed E-state index contributed by atoms with van der Waals surface area (Å²) in [6.07, 6.45) is 11.9. The van der Waals surface area contributed by atoms with Crippen LogP contribution in [0.2, 0.25) is 0 Å². The maximum Gasteiger partial charge on any atom is 0.0402 e. The van der Waals surface area contributed by atoms with Crippen molar-refractivity contribution in [3.05, 3.63) is 108 Å². The number of hydrogen-bond acceptors (Lipinski definition) is 3. The lowest BCUT2D eigenvalue weighted by atomic mass is 9.93. The fourth-order valence-electron chi connectivity index (χ4n) is 3.14. The van der Waals surface area contributed by atoms with Gasteiger partial charge in [0.25, 0.3) is 0 Å². The van der Waals surface area contributed by atoms with Crippen LogP contribution in [0.5, 0.6) is 0 Å². The fraction of sp³-hybridized carbons (Fsp3) is 0.387. The Morgan fingerprint density at radius 1 is 1.12 bits per heavy atom. The summed E-state index contributed by atoms with van der Waals surface area (Å²) >= 11 is 0. The molecule has 1 aromatic carbocycles. The van der Waals surface area contributed by atoms with Crippen LogP contribution in [0.3, 0.4) is 0 Å². The number of aromatic nitrogens is 1. The van der Waals surface area contributed by atoms with Crippen molar-refractivity contribution in [3.8, 4) is 0 Å². The first-order valence-electron chi connectivity index (χ1n) is 12.2. The Morgan fingerprint density at radius 3 is 2.24 bits per heavy atom. The van der Waals surface area contributed by atoms with Crippen molar-refractivity contribution in [1.82, 2.24) is 9.99 Å². The smallest absolute Gasteiger partial charge is 0.0402 e. The molecule has 2 N–H and O–H groups in total. The average Bonchev–Trinajstić information content (AvgIpc) is 2.84. The Kier molecular flexibility index (Phi) is 20.5. The van der Waals surface area contributed by atoms with Crippen molar-refractivity contribution >= 4 is 5.57 Å². The summed E-state index contributed by atoms with van der Waals surface area (Å²) in [6.45, 7) is 24.6. The minimum absolute atomic E-state index is 0.807. The van der Waals surface area contributed by atoms with Crippen molar-refractivity contribution in [2.45, 2.75) is 74.3 Å². The lowest BCUT2D eigenvalue weighted by Crippen LogP contribution is -2.24. The minimum atomic E-state index is 0.807. The molecule has 0 atom stereocenters. The van der Waals surface area contributed by atoms with E-state index in [-0.39, 0.29) is 0 Å². The summed E-state index contributed by atoms with van der Waals surface area (Å²) in [5.74, 6) is 5.51. The minimum Gasteiger partial charge on any atom is -0.269 e. The number of nitrogens with zero attached hydrogens (tertiary/aromatic N) is 2. The highest BCUT2D eigenvalue weighted by molar-refractivity contribution is 5.75. The largest absolute Gasteiger partial charge is 0.269 e. The second kappa shape index (κ2) is 20.8. The van der Waals surface area contributed by atoms with Gasteiger partial charge in [0.1, 0.15) is 0 Å². The molecule has 3 heteroatoms. The monoisotopic (exact) mass is 463 g/mol. The predicted molar refractivity (Wildman–Crippen MR) is 155 cm³/mol. The number of pyridine rings is 1. The molecule has 34 heavy (non-hydrogen) atoms. The molecule has 1 aromatic heterocycles. The average molecular weight is 464 g/mol. The van der Waals surface area contributed by atoms with Crippen LogP contribution in [0.4, 0.5) is 0 Å². The summed E-state index contributed by atoms with van der Waals surface area (Å²) < 4.78 is 0. The Balaban J connectivity index is 0. The van der Waals surface area contributed by atoms with E-state index in [9.17, 15) is 0 Å². The van der Waals surface area contributed by atoms with Gasteiger partial charge in [0, 0.05) is 25.5 Å². The summed E-state index contributed by atoms with van der Waals surface area (Å²) in [5, 5.41) is 1.68. The highest BCUT2D eigenvalue weighted by Gasteiger charge is 2.07. The van der Waals surface area contributed by atoms with Crippen molar-refractivity contribution in [3.63, 3.8) is 0 Å². The van der Waals surface area contributed by atoms with Gasteiger partial charge in [-0.05, 0) is 75.3 Å². The third-order valence-corrected chi connectivity index (χ3v) is 4.83. The molecule has 0 bridgehead atoms. The first kappa shape index (κ1) is 33.4. The molecular weight excluding hydrogens is 414 g/mol. The summed E-state index contributed by atoms with van der Waals surface area (Å²) in [6, 6.07) is 10.6. The Labute approximate surface area is 210 Å². The van der Waals surface area contributed by atoms with E-state index in [1.165, 1.54) is 40.7 Å². The number of nitrogens with two attached hydrogens (primary N) is 1. The van der Waals surface area contributed by atoms with Crippen molar-refractivity contribution in [1.29, 1.82) is 0 Å². The maximum absolute atomic E-state index is 5.51. The number of allylic oxidation sites excluding steroid dienone is 5. The van der Waals surface area contributed by atoms with Crippen molar-refractivity contribution in [2.75, 3.05) is 7.05 Å². The normalized spacial score (nSPS) is 11.5. The van der Waals surface area contributed by atoms with Crippen LogP contribution >= 0.6 is 0 Å². The number of benzene rings is 1. The molecule has 2 aromatic rings. The molecule has 0 unspecified atom stereocenters. The van der Waals surface area contributed by atoms with Gasteiger partial charge < -0.3 is 0 Å². The van der Waals surface area contributed by atoms with Gasteiger partial charge in [-0.15, -0.1) is 19.7 Å². The lowest BCUT2D eigenvalue weighted by Gasteiger charge is -2.13. The molecule has 0 amide bonds. The number of hydrazine groups is 1. The van der Waals surface area contributed by atoms with Gasteiger partial charge in [0.15, 0.2) is 0 Å². The first-order valence-corrected chi connectivity index (χ1v) is 12.2. The molecule has 0 saturated carbocycles. The molecule has 0 spiro atoms. The fourth-order valence-corrected chi connectivity index (χ4v) is 3.14. The van der Waals surface area contributed by atoms with E-state index in [1.807, 2.05) is 40.1 Å². The van der Waals surface area contributed by atoms with Gasteiger partial charge in [0.05, 0.1) is 0 Å². The third-order valence-electron chi connectivity index (χ3n) is 4.83. The van der Waals surface area contributed by atoms with Crippen LogP contribution < -0.4 is 5.84 Å². The second-order valence-corrected chi connectivity index (χ2v) is 7.79. The van der Waals surface area contributed by atoms with E-state index in [4.69, 9.17) is 5.84 Å². The highest BCUT2D eigenvalue weighted by Crippen LogP contribution is 2.27. The van der Waals surface area contributed by atoms with Gasteiger partial charge in [0.2, 0.25) is 0 Å². The van der Waals surface area contributed by atoms with Crippen LogP contribution in [0, 0.1) is 20.8 Å². The molecule has 3 nitrogen and oxygen atoms in total. The Bertz CT molecular complexity index is 876. The lowest BCUT2D eigenvalue weighted by molar-refractivity contribution is 0.341. The summed E-state index contributed by atoms with van der Waals surface area (Å²) in [5.41, 5.74) is 9.10. The second-order valence-electron chi connectivity index (χ2n) is 7.79. The molecule has 0 radical (unpaired) electrons. The molecule has 0 aliphatic heterocycles. The van der Waals surface area contributed by atoms with E-state index in [0.29, 0.717) is 0 Å². The predicted octanol–water partition coefficient (Wildman–Crippen LogP) is 8.53. The quantitative estimate of drug-likeness (QED) is 0.280. The van der Waals surface area contributed by atoms with Crippen LogP contribution in [0.15, 0.2) is 80.1 Å². The van der Waals surface area contributed by atoms with E-state index >= 15 is 0 Å². The van der Waals surface area contributed by atoms with Crippen LogP contribution in [-0.4, -0.2) is 17.0 Å². The molecule has 0 saturated heterocycles. The number of rotatable bonds is 4. The zero-order chi connectivity index (χ0) is 26.5. The van der Waals surface area contributed by atoms with Crippen molar-refractivity contribution in [2.24, 2.45) is 5.84 Å².